The fourth-order valence-electron chi connectivity index (χ4n) is 6.17. The molecule has 1 atom stereocenters. The first kappa shape index (κ1) is 28.9. The molecule has 3 aromatic carbocycles. The summed E-state index contributed by atoms with van der Waals surface area (Å²) in [5.74, 6) is 0.0960. The second kappa shape index (κ2) is 11.2. The molecule has 45 heavy (non-hydrogen) atoms. The number of aromatic nitrogens is 3. The molecule has 1 aliphatic rings. The summed E-state index contributed by atoms with van der Waals surface area (Å²) in [5, 5.41) is 18.9. The van der Waals surface area contributed by atoms with Crippen LogP contribution in [0.1, 0.15) is 44.4 Å². The molecule has 4 heterocycles. The van der Waals surface area contributed by atoms with Crippen LogP contribution in [0.3, 0.4) is 0 Å². The fraction of sp³-hybridized carbons (Fsp3) is 0.182. The Bertz CT molecular complexity index is 2170. The maximum absolute atomic E-state index is 13.8. The van der Waals surface area contributed by atoms with Crippen molar-refractivity contribution in [3.63, 3.8) is 0 Å². The van der Waals surface area contributed by atoms with Gasteiger partial charge in [0.05, 0.1) is 11.2 Å². The van der Waals surface area contributed by atoms with Gasteiger partial charge >= 0.3 is 0 Å². The standard InChI is InChI=1S/C33H29ClN6O4S/c1-16-14-35-31-27(41)12-26-30(29(16)31)19(13-34)15-40(26)33(44)25-11-18-9-21(3-5-23(18)39-25)37-32(43)24-10-17-8-20(2-4-22(17)38-24)36-28(42)6-7-45/h2-5,8-12,14,19,35,38-39,41,45H,6-7,13,15H2,1H3,(H,36,42)(H,37,43). The van der Waals surface area contributed by atoms with Crippen LogP contribution in [0, 0.1) is 6.92 Å². The van der Waals surface area contributed by atoms with E-state index in [1.165, 1.54) is 0 Å². The number of nitrogens with zero attached hydrogens (tertiary/aromatic N) is 1. The number of thiol groups is 1. The summed E-state index contributed by atoms with van der Waals surface area (Å²) in [7, 11) is 0. The lowest BCUT2D eigenvalue weighted by Crippen LogP contribution is -2.30. The third-order valence-electron chi connectivity index (χ3n) is 8.28. The Kier molecular flexibility index (Phi) is 7.22. The van der Waals surface area contributed by atoms with Gasteiger partial charge in [-0.3, -0.25) is 14.4 Å². The number of aromatic amines is 3. The Hall–Kier alpha value is -4.87. The van der Waals surface area contributed by atoms with E-state index in [0.717, 1.165) is 38.3 Å². The molecule has 0 saturated carbocycles. The molecule has 0 radical (unpaired) electrons. The van der Waals surface area contributed by atoms with E-state index in [0.29, 0.717) is 58.6 Å². The molecule has 6 aromatic rings. The Morgan fingerprint density at radius 1 is 0.978 bits per heavy atom. The van der Waals surface area contributed by atoms with Crippen LogP contribution >= 0.6 is 24.2 Å². The first-order valence-electron chi connectivity index (χ1n) is 14.4. The molecule has 12 heteroatoms. The number of aryl methyl sites for hydroxylation is 1. The fourth-order valence-corrected chi connectivity index (χ4v) is 6.63. The normalized spacial score (nSPS) is 14.4. The summed E-state index contributed by atoms with van der Waals surface area (Å²) in [6, 6.07) is 15.9. The smallest absolute Gasteiger partial charge is 0.274 e. The topological polar surface area (TPSA) is 146 Å². The number of H-pyrrole nitrogens is 3. The molecule has 0 bridgehead atoms. The van der Waals surface area contributed by atoms with Gasteiger partial charge < -0.3 is 35.6 Å². The third kappa shape index (κ3) is 5.07. The van der Waals surface area contributed by atoms with Crippen molar-refractivity contribution in [1.29, 1.82) is 0 Å². The van der Waals surface area contributed by atoms with Crippen molar-refractivity contribution in [3.05, 3.63) is 83.3 Å². The average Bonchev–Trinajstić information content (AvgIpc) is 3.80. The molecule has 228 valence electrons. The molecule has 1 unspecified atom stereocenters. The highest BCUT2D eigenvalue weighted by Gasteiger charge is 2.36. The van der Waals surface area contributed by atoms with Crippen molar-refractivity contribution in [2.75, 3.05) is 33.7 Å². The first-order valence-corrected chi connectivity index (χ1v) is 15.6. The van der Waals surface area contributed by atoms with Crippen molar-refractivity contribution in [3.8, 4) is 5.75 Å². The summed E-state index contributed by atoms with van der Waals surface area (Å²) in [6.07, 6.45) is 2.15. The number of carbonyl (C=O) groups excluding carboxylic acids is 3. The minimum absolute atomic E-state index is 0.0771. The molecule has 0 saturated heterocycles. The number of carbonyl (C=O) groups is 3. The lowest BCUT2D eigenvalue weighted by atomic mass is 9.97. The molecule has 1 aliphatic heterocycles. The van der Waals surface area contributed by atoms with Crippen LogP contribution in [0.25, 0.3) is 32.7 Å². The number of phenolic OH excluding ortho intramolecular Hbond substituents is 1. The van der Waals surface area contributed by atoms with E-state index in [2.05, 4.69) is 38.2 Å². The van der Waals surface area contributed by atoms with Gasteiger partial charge in [0, 0.05) is 75.6 Å². The zero-order valence-electron chi connectivity index (χ0n) is 24.1. The van der Waals surface area contributed by atoms with Crippen LogP contribution < -0.4 is 15.5 Å². The molecule has 0 spiro atoms. The number of rotatable bonds is 7. The van der Waals surface area contributed by atoms with E-state index in [9.17, 15) is 19.5 Å². The Balaban J connectivity index is 1.12. The van der Waals surface area contributed by atoms with Gasteiger partial charge in [0.25, 0.3) is 11.8 Å². The minimum Gasteiger partial charge on any atom is -0.506 e. The average molecular weight is 641 g/mol. The second-order valence-electron chi connectivity index (χ2n) is 11.3. The molecule has 7 rings (SSSR count). The predicted molar refractivity (Wildman–Crippen MR) is 181 cm³/mol. The van der Waals surface area contributed by atoms with Crippen LogP contribution in [0.4, 0.5) is 17.1 Å². The van der Waals surface area contributed by atoms with E-state index in [4.69, 9.17) is 11.6 Å². The van der Waals surface area contributed by atoms with Crippen LogP contribution in [0.2, 0.25) is 0 Å². The van der Waals surface area contributed by atoms with Gasteiger partial charge in [0.1, 0.15) is 17.1 Å². The van der Waals surface area contributed by atoms with Crippen molar-refractivity contribution in [2.24, 2.45) is 0 Å². The van der Waals surface area contributed by atoms with Crippen molar-refractivity contribution in [2.45, 2.75) is 19.3 Å². The molecule has 0 aliphatic carbocycles. The molecule has 10 nitrogen and oxygen atoms in total. The van der Waals surface area contributed by atoms with Gasteiger partial charge in [0.15, 0.2) is 0 Å². The summed E-state index contributed by atoms with van der Waals surface area (Å²) < 4.78 is 0. The predicted octanol–water partition coefficient (Wildman–Crippen LogP) is 6.64. The van der Waals surface area contributed by atoms with Crippen molar-refractivity contribution >= 4 is 91.7 Å². The highest BCUT2D eigenvalue weighted by Crippen LogP contribution is 2.46. The molecule has 3 aromatic heterocycles. The third-order valence-corrected chi connectivity index (χ3v) is 8.88. The van der Waals surface area contributed by atoms with Crippen LogP contribution in [0.5, 0.6) is 5.75 Å². The summed E-state index contributed by atoms with van der Waals surface area (Å²) >= 11 is 10.5. The van der Waals surface area contributed by atoms with Gasteiger partial charge in [-0.15, -0.1) is 11.6 Å². The van der Waals surface area contributed by atoms with Crippen LogP contribution in [0.15, 0.2) is 60.8 Å². The van der Waals surface area contributed by atoms with E-state index in [1.807, 2.05) is 25.3 Å². The number of hydrogen-bond donors (Lipinski definition) is 7. The number of nitrogens with one attached hydrogen (secondary N) is 5. The van der Waals surface area contributed by atoms with Gasteiger partial charge in [-0.1, -0.05) is 0 Å². The Morgan fingerprint density at radius 2 is 1.64 bits per heavy atom. The van der Waals surface area contributed by atoms with E-state index in [1.54, 1.807) is 47.4 Å². The molecule has 3 amide bonds. The van der Waals surface area contributed by atoms with Gasteiger partial charge in [-0.05, 0) is 72.3 Å². The quantitative estimate of drug-likeness (QED) is 0.0775. The van der Waals surface area contributed by atoms with Crippen LogP contribution in [-0.4, -0.2) is 56.0 Å². The summed E-state index contributed by atoms with van der Waals surface area (Å²) in [5.41, 5.74) is 6.68. The second-order valence-corrected chi connectivity index (χ2v) is 12.0. The number of halogens is 1. The molecular formula is C33H29ClN6O4S. The van der Waals surface area contributed by atoms with Crippen LogP contribution in [-0.2, 0) is 4.79 Å². The lowest BCUT2D eigenvalue weighted by molar-refractivity contribution is -0.115. The number of amides is 3. The van der Waals surface area contributed by atoms with Gasteiger partial charge in [-0.2, -0.15) is 12.6 Å². The Labute approximate surface area is 267 Å². The number of hydrogen-bond acceptors (Lipinski definition) is 5. The number of alkyl halides is 1. The number of fused-ring (bicyclic) bond motifs is 5. The number of phenols is 1. The highest BCUT2D eigenvalue weighted by molar-refractivity contribution is 7.80. The zero-order valence-corrected chi connectivity index (χ0v) is 25.8. The van der Waals surface area contributed by atoms with Crippen molar-refractivity contribution in [1.82, 2.24) is 15.0 Å². The van der Waals surface area contributed by atoms with Crippen molar-refractivity contribution < 1.29 is 19.5 Å². The number of aromatic hydroxyl groups is 1. The monoisotopic (exact) mass is 640 g/mol. The highest BCUT2D eigenvalue weighted by atomic mass is 35.5. The van der Waals surface area contributed by atoms with Gasteiger partial charge in [-0.25, -0.2) is 0 Å². The largest absolute Gasteiger partial charge is 0.506 e. The molecular weight excluding hydrogens is 612 g/mol. The number of benzene rings is 3. The summed E-state index contributed by atoms with van der Waals surface area (Å²) in [4.78, 5) is 50.0. The molecule has 6 N–H and O–H groups in total. The lowest BCUT2D eigenvalue weighted by Gasteiger charge is -2.17. The minimum atomic E-state index is -0.329. The van der Waals surface area contributed by atoms with Gasteiger partial charge in [0.2, 0.25) is 5.91 Å². The van der Waals surface area contributed by atoms with E-state index in [-0.39, 0.29) is 29.4 Å². The maximum atomic E-state index is 13.8. The first-order chi connectivity index (χ1) is 21.7. The Morgan fingerprint density at radius 3 is 2.33 bits per heavy atom. The number of anilines is 3. The van der Waals surface area contributed by atoms with E-state index < -0.39 is 0 Å². The zero-order chi connectivity index (χ0) is 31.4. The van der Waals surface area contributed by atoms with E-state index >= 15 is 0 Å². The summed E-state index contributed by atoms with van der Waals surface area (Å²) in [6.45, 7) is 2.36. The SMILES string of the molecule is Cc1c[nH]c2c(O)cc3c(c12)C(CCl)CN3C(=O)c1cc2cc(NC(=O)c3cc4cc(NC(=O)CCS)ccc4[nH]3)ccc2[nH]1. The maximum Gasteiger partial charge on any atom is 0.274 e. The molecule has 0 fully saturated rings.